The molecule has 0 amide bonds. The molecule has 1 unspecified atom stereocenters. The van der Waals surface area contributed by atoms with Crippen molar-refractivity contribution in [1.29, 1.82) is 0 Å². The Bertz CT molecular complexity index is 1170. The number of hydrogen-bond acceptors (Lipinski definition) is 6. The van der Waals surface area contributed by atoms with Gasteiger partial charge in [0.15, 0.2) is 6.10 Å². The van der Waals surface area contributed by atoms with Gasteiger partial charge in [-0.15, -0.1) is 0 Å². The molecular formula is C50H80O6. The third-order valence-corrected chi connectivity index (χ3v) is 8.80. The zero-order chi connectivity index (χ0) is 40.8. The van der Waals surface area contributed by atoms with E-state index in [0.717, 1.165) is 83.5 Å². The molecule has 0 saturated heterocycles. The zero-order valence-electron chi connectivity index (χ0n) is 35.9. The summed E-state index contributed by atoms with van der Waals surface area (Å²) < 4.78 is 16.5. The Hall–Kier alpha value is -3.67. The average molecular weight is 777 g/mol. The van der Waals surface area contributed by atoms with Crippen LogP contribution in [-0.2, 0) is 28.6 Å². The van der Waals surface area contributed by atoms with Gasteiger partial charge in [-0.25, -0.2) is 0 Å². The second-order valence-electron chi connectivity index (χ2n) is 14.2. The van der Waals surface area contributed by atoms with E-state index in [9.17, 15) is 14.4 Å². The Morgan fingerprint density at radius 2 is 0.714 bits per heavy atom. The van der Waals surface area contributed by atoms with Gasteiger partial charge in [-0.2, -0.15) is 0 Å². The van der Waals surface area contributed by atoms with Crippen LogP contribution in [0.1, 0.15) is 181 Å². The van der Waals surface area contributed by atoms with E-state index in [-0.39, 0.29) is 44.0 Å². The number of carbonyl (C=O) groups excluding carboxylic acids is 3. The largest absolute Gasteiger partial charge is 0.462 e. The molecule has 0 aliphatic heterocycles. The quantitative estimate of drug-likeness (QED) is 0.0269. The van der Waals surface area contributed by atoms with Gasteiger partial charge in [0.25, 0.3) is 0 Å². The SMILES string of the molecule is CC/C=C\C/C=C\C/C=C\CCCCC(=O)OC(COC(=O)CCC/C=C\C/C=C\C/C=C\CCCCCCCC)COC(=O)CCCC/C=C\C/C=C\CC. The van der Waals surface area contributed by atoms with Crippen LogP contribution in [0.15, 0.2) is 97.2 Å². The summed E-state index contributed by atoms with van der Waals surface area (Å²) in [4.78, 5) is 37.6. The fourth-order valence-corrected chi connectivity index (χ4v) is 5.51. The van der Waals surface area contributed by atoms with Crippen LogP contribution in [0.25, 0.3) is 0 Å². The summed E-state index contributed by atoms with van der Waals surface area (Å²) >= 11 is 0. The molecule has 0 rings (SSSR count). The van der Waals surface area contributed by atoms with Crippen molar-refractivity contribution in [3.05, 3.63) is 97.2 Å². The number of allylic oxidation sites excluding steroid dienone is 16. The predicted octanol–water partition coefficient (Wildman–Crippen LogP) is 14.2. The summed E-state index contributed by atoms with van der Waals surface area (Å²) in [6, 6.07) is 0. The molecule has 0 fully saturated rings. The summed E-state index contributed by atoms with van der Waals surface area (Å²) in [7, 11) is 0. The first-order chi connectivity index (χ1) is 27.5. The molecule has 0 aliphatic carbocycles. The minimum absolute atomic E-state index is 0.128. The van der Waals surface area contributed by atoms with Gasteiger partial charge in [-0.3, -0.25) is 14.4 Å². The van der Waals surface area contributed by atoms with E-state index in [1.165, 1.54) is 44.9 Å². The van der Waals surface area contributed by atoms with E-state index in [1.807, 2.05) is 0 Å². The predicted molar refractivity (Wildman–Crippen MR) is 237 cm³/mol. The molecule has 0 saturated carbocycles. The molecule has 1 atom stereocenters. The molecule has 0 spiro atoms. The maximum Gasteiger partial charge on any atom is 0.306 e. The second-order valence-corrected chi connectivity index (χ2v) is 14.2. The molecule has 0 aromatic heterocycles. The third-order valence-electron chi connectivity index (χ3n) is 8.80. The highest BCUT2D eigenvalue weighted by Gasteiger charge is 2.19. The lowest BCUT2D eigenvalue weighted by molar-refractivity contribution is -0.167. The Balaban J connectivity index is 4.52. The van der Waals surface area contributed by atoms with E-state index < -0.39 is 6.10 Å². The van der Waals surface area contributed by atoms with E-state index in [1.54, 1.807) is 0 Å². The number of ether oxygens (including phenoxy) is 3. The number of carbonyl (C=O) groups is 3. The Kier molecular flexibility index (Phi) is 41.2. The highest BCUT2D eigenvalue weighted by molar-refractivity contribution is 5.71. The minimum Gasteiger partial charge on any atom is -0.462 e. The van der Waals surface area contributed by atoms with Crippen LogP contribution >= 0.6 is 0 Å². The molecule has 0 heterocycles. The van der Waals surface area contributed by atoms with Gasteiger partial charge in [0.1, 0.15) is 13.2 Å². The summed E-state index contributed by atoms with van der Waals surface area (Å²) in [5.74, 6) is -1.07. The molecule has 0 radical (unpaired) electrons. The average Bonchev–Trinajstić information content (AvgIpc) is 3.19. The van der Waals surface area contributed by atoms with E-state index >= 15 is 0 Å². The maximum atomic E-state index is 12.7. The van der Waals surface area contributed by atoms with Crippen molar-refractivity contribution in [2.45, 2.75) is 187 Å². The molecular weight excluding hydrogens is 697 g/mol. The zero-order valence-corrected chi connectivity index (χ0v) is 35.9. The number of rotatable bonds is 38. The van der Waals surface area contributed by atoms with E-state index in [4.69, 9.17) is 14.2 Å². The van der Waals surface area contributed by atoms with Crippen LogP contribution in [0.3, 0.4) is 0 Å². The first-order valence-electron chi connectivity index (χ1n) is 22.2. The molecule has 0 aromatic carbocycles. The molecule has 6 nitrogen and oxygen atoms in total. The summed E-state index contributed by atoms with van der Waals surface area (Å²) in [6.07, 6.45) is 57.0. The lowest BCUT2D eigenvalue weighted by Gasteiger charge is -2.18. The van der Waals surface area contributed by atoms with Gasteiger partial charge in [0.05, 0.1) is 0 Å². The van der Waals surface area contributed by atoms with Gasteiger partial charge in [-0.1, -0.05) is 150 Å². The van der Waals surface area contributed by atoms with Gasteiger partial charge < -0.3 is 14.2 Å². The number of hydrogen-bond donors (Lipinski definition) is 0. The van der Waals surface area contributed by atoms with Crippen LogP contribution in [0.5, 0.6) is 0 Å². The number of unbranched alkanes of at least 4 members (excludes halogenated alkanes) is 11. The summed E-state index contributed by atoms with van der Waals surface area (Å²) in [5, 5.41) is 0. The number of esters is 3. The fraction of sp³-hybridized carbons (Fsp3) is 0.620. The minimum atomic E-state index is -0.828. The Morgan fingerprint density at radius 1 is 0.375 bits per heavy atom. The second kappa shape index (κ2) is 44.0. The van der Waals surface area contributed by atoms with Crippen LogP contribution in [0.2, 0.25) is 0 Å². The monoisotopic (exact) mass is 777 g/mol. The third kappa shape index (κ3) is 41.5. The van der Waals surface area contributed by atoms with Crippen molar-refractivity contribution in [3.8, 4) is 0 Å². The van der Waals surface area contributed by atoms with Crippen molar-refractivity contribution >= 4 is 17.9 Å². The first kappa shape index (κ1) is 52.3. The normalized spacial score (nSPS) is 13.0. The topological polar surface area (TPSA) is 78.9 Å². The van der Waals surface area contributed by atoms with Crippen LogP contribution in [-0.4, -0.2) is 37.2 Å². The van der Waals surface area contributed by atoms with Crippen LogP contribution < -0.4 is 0 Å². The molecule has 0 N–H and O–H groups in total. The maximum absolute atomic E-state index is 12.7. The van der Waals surface area contributed by atoms with Gasteiger partial charge in [0, 0.05) is 19.3 Å². The van der Waals surface area contributed by atoms with Crippen LogP contribution in [0.4, 0.5) is 0 Å². The molecule has 56 heavy (non-hydrogen) atoms. The molecule has 0 aromatic rings. The van der Waals surface area contributed by atoms with Crippen molar-refractivity contribution in [2.24, 2.45) is 0 Å². The van der Waals surface area contributed by atoms with Crippen molar-refractivity contribution in [2.75, 3.05) is 13.2 Å². The van der Waals surface area contributed by atoms with Crippen molar-refractivity contribution in [1.82, 2.24) is 0 Å². The Labute approximate surface area is 343 Å². The molecule has 316 valence electrons. The van der Waals surface area contributed by atoms with Crippen molar-refractivity contribution < 1.29 is 28.6 Å². The molecule has 0 aliphatic rings. The highest BCUT2D eigenvalue weighted by atomic mass is 16.6. The van der Waals surface area contributed by atoms with Gasteiger partial charge in [-0.05, 0) is 109 Å². The standard InChI is InChI=1S/C50H80O6/c1-4-7-10-13-16-19-21-23-24-25-26-27-29-31-34-37-40-43-49(52)55-46-47(45-54-48(51)42-39-36-33-30-18-15-12-9-6-3)56-50(53)44-41-38-35-32-28-22-20-17-14-11-8-5-2/h8-9,11-12,17-18,20,23-24,26-28,30-32,34,47H,4-7,10,13-16,19,21-22,25,29,33,35-46H2,1-3H3/b11-8-,12-9-,20-17-,24-23-,27-26-,30-18-,32-28-,34-31-. The molecule has 6 heteroatoms. The molecule has 0 bridgehead atoms. The smallest absolute Gasteiger partial charge is 0.306 e. The van der Waals surface area contributed by atoms with Gasteiger partial charge >= 0.3 is 17.9 Å². The summed E-state index contributed by atoms with van der Waals surface area (Å²) in [6.45, 7) is 6.24. The van der Waals surface area contributed by atoms with Crippen LogP contribution in [0, 0.1) is 0 Å². The lowest BCUT2D eigenvalue weighted by Crippen LogP contribution is -2.30. The Morgan fingerprint density at radius 3 is 1.16 bits per heavy atom. The highest BCUT2D eigenvalue weighted by Crippen LogP contribution is 2.10. The lowest BCUT2D eigenvalue weighted by atomic mass is 10.1. The summed E-state index contributed by atoms with van der Waals surface area (Å²) in [5.41, 5.74) is 0. The first-order valence-corrected chi connectivity index (χ1v) is 22.2. The van der Waals surface area contributed by atoms with Crippen molar-refractivity contribution in [3.63, 3.8) is 0 Å². The fourth-order valence-electron chi connectivity index (χ4n) is 5.51. The van der Waals surface area contributed by atoms with E-state index in [2.05, 4.69) is 118 Å². The van der Waals surface area contributed by atoms with E-state index in [0.29, 0.717) is 19.3 Å². The van der Waals surface area contributed by atoms with Gasteiger partial charge in [0.2, 0.25) is 0 Å².